The molecule has 2 rings (SSSR count). The zero-order valence-corrected chi connectivity index (χ0v) is 8.60. The fourth-order valence-electron chi connectivity index (χ4n) is 1.16. The van der Waals surface area contributed by atoms with Gasteiger partial charge in [-0.1, -0.05) is 6.07 Å². The Morgan fingerprint density at radius 3 is 2.64 bits per heavy atom. The van der Waals surface area contributed by atoms with Crippen molar-refractivity contribution in [2.75, 3.05) is 0 Å². The highest BCUT2D eigenvalue weighted by molar-refractivity contribution is 7.91. The molecule has 74 valence electrons. The van der Waals surface area contributed by atoms with Crippen LogP contribution in [-0.2, 0) is 10.0 Å². The lowest BCUT2D eigenvalue weighted by molar-refractivity contribution is 0.482. The van der Waals surface area contributed by atoms with E-state index in [9.17, 15) is 13.5 Å². The molecule has 6 heteroatoms. The number of primary sulfonamides is 1. The summed E-state index contributed by atoms with van der Waals surface area (Å²) in [7, 11) is -3.67. The van der Waals surface area contributed by atoms with Crippen LogP contribution in [0.4, 0.5) is 0 Å². The molecule has 0 radical (unpaired) electrons. The molecular formula is C8H7NO3S2. The van der Waals surface area contributed by atoms with Crippen LogP contribution in [-0.4, -0.2) is 13.5 Å². The van der Waals surface area contributed by atoms with Gasteiger partial charge in [0.05, 0.1) is 0 Å². The average molecular weight is 229 g/mol. The first-order chi connectivity index (χ1) is 6.48. The highest BCUT2D eigenvalue weighted by atomic mass is 32.2. The van der Waals surface area contributed by atoms with E-state index in [1.807, 2.05) is 0 Å². The Morgan fingerprint density at radius 1 is 1.36 bits per heavy atom. The molecule has 3 N–H and O–H groups in total. The quantitative estimate of drug-likeness (QED) is 0.772. The molecule has 0 aliphatic carbocycles. The number of sulfonamides is 1. The first kappa shape index (κ1) is 9.45. The van der Waals surface area contributed by atoms with Crippen LogP contribution in [0.25, 0.3) is 10.1 Å². The van der Waals surface area contributed by atoms with E-state index in [1.54, 1.807) is 12.1 Å². The maximum Gasteiger partial charge on any atom is 0.247 e. The van der Waals surface area contributed by atoms with Crippen molar-refractivity contribution in [1.82, 2.24) is 0 Å². The van der Waals surface area contributed by atoms with E-state index in [4.69, 9.17) is 5.14 Å². The van der Waals surface area contributed by atoms with Crippen molar-refractivity contribution in [1.29, 1.82) is 0 Å². The highest BCUT2D eigenvalue weighted by Gasteiger charge is 2.13. The summed E-state index contributed by atoms with van der Waals surface area (Å²) in [6.07, 6.45) is 0. The molecule has 0 atom stereocenters. The summed E-state index contributed by atoms with van der Waals surface area (Å²) < 4.78 is 22.8. The molecule has 14 heavy (non-hydrogen) atoms. The minimum Gasteiger partial charge on any atom is -0.507 e. The minimum atomic E-state index is -3.67. The lowest BCUT2D eigenvalue weighted by Crippen LogP contribution is -2.09. The lowest BCUT2D eigenvalue weighted by Gasteiger charge is -1.90. The third kappa shape index (κ3) is 1.47. The molecule has 0 fully saturated rings. The number of aromatic hydroxyl groups is 1. The van der Waals surface area contributed by atoms with E-state index < -0.39 is 10.0 Å². The summed E-state index contributed by atoms with van der Waals surface area (Å²) in [6, 6.07) is 6.27. The Kier molecular flexibility index (Phi) is 1.99. The van der Waals surface area contributed by atoms with Crippen LogP contribution in [0, 0.1) is 0 Å². The maximum atomic E-state index is 11.0. The molecule has 0 saturated heterocycles. The molecule has 0 amide bonds. The second kappa shape index (κ2) is 2.94. The molecule has 0 unspecified atom stereocenters. The molecule has 4 nitrogen and oxygen atoms in total. The predicted molar refractivity (Wildman–Crippen MR) is 54.9 cm³/mol. The van der Waals surface area contributed by atoms with Crippen LogP contribution in [0.15, 0.2) is 28.5 Å². The Labute approximate surface area is 84.6 Å². The van der Waals surface area contributed by atoms with Crippen LogP contribution >= 0.6 is 11.3 Å². The first-order valence-electron chi connectivity index (χ1n) is 3.73. The summed E-state index contributed by atoms with van der Waals surface area (Å²) in [6.45, 7) is 0. The van der Waals surface area contributed by atoms with Gasteiger partial charge in [0.15, 0.2) is 0 Å². The Morgan fingerprint density at radius 2 is 2.07 bits per heavy atom. The van der Waals surface area contributed by atoms with Gasteiger partial charge in [-0.3, -0.25) is 0 Å². The summed E-state index contributed by atoms with van der Waals surface area (Å²) >= 11 is 1.05. The van der Waals surface area contributed by atoms with E-state index in [0.717, 1.165) is 11.3 Å². The summed E-state index contributed by atoms with van der Waals surface area (Å²) in [5.41, 5.74) is 0. The van der Waals surface area contributed by atoms with Gasteiger partial charge in [0, 0.05) is 10.1 Å². The largest absolute Gasteiger partial charge is 0.507 e. The Hall–Kier alpha value is -1.11. The smallest absolute Gasteiger partial charge is 0.247 e. The third-order valence-corrected chi connectivity index (χ3v) is 4.32. The van der Waals surface area contributed by atoms with Gasteiger partial charge in [0.25, 0.3) is 0 Å². The molecule has 1 aromatic heterocycles. The van der Waals surface area contributed by atoms with Crippen molar-refractivity contribution >= 4 is 31.4 Å². The molecule has 0 spiro atoms. The number of phenolic OH excluding ortho intramolecular Hbond substituents is 1. The highest BCUT2D eigenvalue weighted by Crippen LogP contribution is 2.33. The molecular weight excluding hydrogens is 222 g/mol. The number of thiophene rings is 1. The Balaban J connectivity index is 2.81. The van der Waals surface area contributed by atoms with E-state index in [1.165, 1.54) is 12.1 Å². The van der Waals surface area contributed by atoms with Crippen molar-refractivity contribution in [3.8, 4) is 5.75 Å². The van der Waals surface area contributed by atoms with Crippen LogP contribution in [0.2, 0.25) is 0 Å². The van der Waals surface area contributed by atoms with Gasteiger partial charge in [-0.2, -0.15) is 0 Å². The van der Waals surface area contributed by atoms with Crippen molar-refractivity contribution in [2.45, 2.75) is 4.21 Å². The van der Waals surface area contributed by atoms with Gasteiger partial charge in [0.1, 0.15) is 9.96 Å². The molecule has 0 saturated carbocycles. The number of fused-ring (bicyclic) bond motifs is 1. The summed E-state index contributed by atoms with van der Waals surface area (Å²) in [5.74, 6) is 0.0636. The van der Waals surface area contributed by atoms with E-state index >= 15 is 0 Å². The number of benzene rings is 1. The maximum absolute atomic E-state index is 11.0. The monoisotopic (exact) mass is 229 g/mol. The normalized spacial score (nSPS) is 12.1. The van der Waals surface area contributed by atoms with Crippen molar-refractivity contribution < 1.29 is 13.5 Å². The molecule has 1 heterocycles. The van der Waals surface area contributed by atoms with Crippen LogP contribution in [0.1, 0.15) is 0 Å². The second-order valence-corrected chi connectivity index (χ2v) is 5.67. The number of hydrogen-bond acceptors (Lipinski definition) is 4. The predicted octanol–water partition coefficient (Wildman–Crippen LogP) is 1.25. The summed E-state index contributed by atoms with van der Waals surface area (Å²) in [5, 5.41) is 14.9. The van der Waals surface area contributed by atoms with E-state index in [-0.39, 0.29) is 9.96 Å². The second-order valence-electron chi connectivity index (χ2n) is 2.80. The number of rotatable bonds is 1. The number of nitrogens with two attached hydrogens (primary N) is 1. The van der Waals surface area contributed by atoms with Gasteiger partial charge >= 0.3 is 0 Å². The fraction of sp³-hybridized carbons (Fsp3) is 0. The molecule has 2 aromatic rings. The topological polar surface area (TPSA) is 80.4 Å². The van der Waals surface area contributed by atoms with E-state index in [0.29, 0.717) is 10.1 Å². The number of phenols is 1. The van der Waals surface area contributed by atoms with Gasteiger partial charge in [-0.25, -0.2) is 13.6 Å². The number of hydrogen-bond donors (Lipinski definition) is 2. The zero-order valence-electron chi connectivity index (χ0n) is 6.97. The molecule has 0 bridgehead atoms. The van der Waals surface area contributed by atoms with Crippen LogP contribution in [0.3, 0.4) is 0 Å². The van der Waals surface area contributed by atoms with Crippen molar-refractivity contribution in [3.05, 3.63) is 24.3 Å². The van der Waals surface area contributed by atoms with Crippen molar-refractivity contribution in [3.63, 3.8) is 0 Å². The van der Waals surface area contributed by atoms with Gasteiger partial charge in [-0.05, 0) is 18.2 Å². The van der Waals surface area contributed by atoms with Gasteiger partial charge in [0.2, 0.25) is 10.0 Å². The first-order valence-corrected chi connectivity index (χ1v) is 6.09. The SMILES string of the molecule is NS(=O)(=O)c1cc2c(O)cccc2s1. The third-order valence-electron chi connectivity index (χ3n) is 1.80. The molecule has 0 aliphatic heterocycles. The minimum absolute atomic E-state index is 0.0636. The average Bonchev–Trinajstić information content (AvgIpc) is 2.48. The Bertz CT molecular complexity index is 586. The molecule has 0 aliphatic rings. The summed E-state index contributed by atoms with van der Waals surface area (Å²) in [4.78, 5) is 0. The van der Waals surface area contributed by atoms with E-state index in [2.05, 4.69) is 0 Å². The van der Waals surface area contributed by atoms with Crippen LogP contribution in [0.5, 0.6) is 5.75 Å². The standard InChI is InChI=1S/C8H7NO3S2/c9-14(11,12)8-4-5-6(10)2-1-3-7(5)13-8/h1-4,10H,(H2,9,11,12). The van der Waals surface area contributed by atoms with Gasteiger partial charge in [-0.15, -0.1) is 11.3 Å². The fourth-order valence-corrected chi connectivity index (χ4v) is 2.99. The molecule has 1 aromatic carbocycles. The zero-order chi connectivity index (χ0) is 10.3. The van der Waals surface area contributed by atoms with Crippen molar-refractivity contribution in [2.24, 2.45) is 5.14 Å². The van der Waals surface area contributed by atoms with Crippen LogP contribution < -0.4 is 5.14 Å². The lowest BCUT2D eigenvalue weighted by atomic mass is 10.2. The van der Waals surface area contributed by atoms with Gasteiger partial charge < -0.3 is 5.11 Å².